The first-order valence-electron chi connectivity index (χ1n) is 8.73. The maximum Gasteiger partial charge on any atom is 0.0972 e. The first-order valence-corrected chi connectivity index (χ1v) is 9.88. The molecule has 0 fully saturated rings. The lowest BCUT2D eigenvalue weighted by molar-refractivity contribution is 0.116. The Hall–Kier alpha value is -0.970. The highest BCUT2D eigenvalue weighted by Gasteiger charge is 2.22. The molecule has 3 nitrogen and oxygen atoms in total. The summed E-state index contributed by atoms with van der Waals surface area (Å²) in [6.07, 6.45) is 3.93. The Morgan fingerprint density at radius 3 is 2.50 bits per heavy atom. The molecule has 136 valence electrons. The van der Waals surface area contributed by atoms with Gasteiger partial charge in [-0.25, -0.2) is 8.93 Å². The molecule has 0 aliphatic carbocycles. The molecule has 0 heterocycles. The van der Waals surface area contributed by atoms with Crippen LogP contribution in [0.2, 0.25) is 0 Å². The number of benzene rings is 1. The summed E-state index contributed by atoms with van der Waals surface area (Å²) >= 11 is 0. The monoisotopic (exact) mass is 351 g/mol. The summed E-state index contributed by atoms with van der Waals surface area (Å²) in [6.45, 7) is 13.4. The van der Waals surface area contributed by atoms with Crippen molar-refractivity contribution in [3.63, 3.8) is 0 Å². The molecule has 0 unspecified atom stereocenters. The van der Waals surface area contributed by atoms with E-state index in [2.05, 4.69) is 23.4 Å². The molecule has 1 rings (SSSR count). The fourth-order valence-electron chi connectivity index (χ4n) is 2.31. The molecule has 2 atom stereocenters. The van der Waals surface area contributed by atoms with E-state index in [9.17, 15) is 4.21 Å². The molecule has 24 heavy (non-hydrogen) atoms. The number of rotatable bonds is 11. The molecule has 0 spiro atoms. The van der Waals surface area contributed by atoms with Crippen LogP contribution >= 0.6 is 0 Å². The van der Waals surface area contributed by atoms with Crippen molar-refractivity contribution in [3.8, 4) is 0 Å². The molecular weight excluding hydrogens is 318 g/mol. The zero-order valence-corrected chi connectivity index (χ0v) is 16.5. The van der Waals surface area contributed by atoms with E-state index in [1.54, 1.807) is 0 Å². The Kier molecular flexibility index (Phi) is 9.49. The molecule has 0 radical (unpaired) electrons. The number of hydrogen-bond acceptors (Lipinski definition) is 2. The second-order valence-corrected chi connectivity index (χ2v) is 9.39. The predicted molar refractivity (Wildman–Crippen MR) is 104 cm³/mol. The number of unbranched alkanes of at least 4 members (excludes halogenated alkanes) is 1. The third-order valence-corrected chi connectivity index (χ3v) is 5.29. The molecule has 1 aromatic carbocycles. The maximum absolute atomic E-state index is 12.3. The van der Waals surface area contributed by atoms with Crippen molar-refractivity contribution < 1.29 is 8.95 Å². The highest BCUT2D eigenvalue weighted by Crippen LogP contribution is 2.15. The molecule has 1 N–H and O–H groups in total. The third-order valence-electron chi connectivity index (χ3n) is 3.63. The first kappa shape index (κ1) is 21.1. The smallest absolute Gasteiger partial charge is 0.0972 e. The van der Waals surface area contributed by atoms with Gasteiger partial charge in [0, 0.05) is 12.6 Å². The van der Waals surface area contributed by atoms with E-state index in [1.807, 2.05) is 45.9 Å². The molecule has 0 saturated carbocycles. The van der Waals surface area contributed by atoms with Crippen molar-refractivity contribution in [1.82, 2.24) is 4.72 Å². The van der Waals surface area contributed by atoms with Crippen molar-refractivity contribution in [1.29, 1.82) is 0 Å². The van der Waals surface area contributed by atoms with E-state index in [0.717, 1.165) is 37.9 Å². The lowest BCUT2D eigenvalue weighted by Crippen LogP contribution is -2.40. The molecule has 4 heteroatoms. The summed E-state index contributed by atoms with van der Waals surface area (Å²) in [7, 11) is -1.04. The summed E-state index contributed by atoms with van der Waals surface area (Å²) in [5, 5.41) is 0. The van der Waals surface area contributed by atoms with E-state index in [1.165, 1.54) is 5.56 Å². The maximum atomic E-state index is 12.3. The van der Waals surface area contributed by atoms with Crippen LogP contribution in [-0.2, 0) is 22.3 Å². The molecule has 1 aromatic rings. The molecule has 0 amide bonds. The van der Waals surface area contributed by atoms with Crippen LogP contribution < -0.4 is 4.72 Å². The second kappa shape index (κ2) is 10.8. The van der Waals surface area contributed by atoms with Gasteiger partial charge in [-0.05, 0) is 58.9 Å². The number of ether oxygens (including phenoxy) is 1. The van der Waals surface area contributed by atoms with E-state index in [4.69, 9.17) is 4.74 Å². The highest BCUT2D eigenvalue weighted by atomic mass is 32.2. The lowest BCUT2D eigenvalue weighted by Gasteiger charge is -2.24. The number of nitrogens with one attached hydrogen (secondary N) is 1. The van der Waals surface area contributed by atoms with E-state index in [-0.39, 0.29) is 10.8 Å². The van der Waals surface area contributed by atoms with Crippen LogP contribution in [-0.4, -0.2) is 21.6 Å². The van der Waals surface area contributed by atoms with Gasteiger partial charge in [-0.1, -0.05) is 35.9 Å². The molecule has 0 aromatic heterocycles. The Labute approximate surface area is 150 Å². The van der Waals surface area contributed by atoms with Crippen molar-refractivity contribution in [3.05, 3.63) is 48.0 Å². The van der Waals surface area contributed by atoms with Crippen LogP contribution in [0, 0.1) is 0 Å². The normalized spacial score (nSPS) is 14.3. The van der Waals surface area contributed by atoms with Crippen molar-refractivity contribution >= 4 is 11.0 Å². The average molecular weight is 352 g/mol. The Morgan fingerprint density at radius 2 is 1.92 bits per heavy atom. The van der Waals surface area contributed by atoms with Crippen molar-refractivity contribution in [2.75, 3.05) is 6.61 Å². The quantitative estimate of drug-likeness (QED) is 0.461. The molecule has 0 aliphatic rings. The van der Waals surface area contributed by atoms with Crippen LogP contribution in [0.5, 0.6) is 0 Å². The van der Waals surface area contributed by atoms with Crippen molar-refractivity contribution in [2.24, 2.45) is 0 Å². The van der Waals surface area contributed by atoms with Gasteiger partial charge in [0.15, 0.2) is 0 Å². The minimum atomic E-state index is -1.04. The predicted octanol–water partition coefficient (Wildman–Crippen LogP) is 4.76. The molecular formula is C20H33NO2S. The van der Waals surface area contributed by atoms with Gasteiger partial charge in [-0.15, -0.1) is 6.58 Å². The molecule has 0 bridgehead atoms. The average Bonchev–Trinajstić information content (AvgIpc) is 2.50. The second-order valence-electron chi connectivity index (χ2n) is 7.39. The summed E-state index contributed by atoms with van der Waals surface area (Å²) in [4.78, 5) is 0. The van der Waals surface area contributed by atoms with Crippen LogP contribution in [0.15, 0.2) is 42.5 Å². The van der Waals surface area contributed by atoms with Crippen LogP contribution in [0.1, 0.15) is 58.9 Å². The van der Waals surface area contributed by atoms with Gasteiger partial charge in [0.2, 0.25) is 0 Å². The first-order chi connectivity index (χ1) is 11.3. The fourth-order valence-corrected chi connectivity index (χ4v) is 3.17. The standard InChI is InChI=1S/C20H33NO2S/c1-17(2)15-19(21-24(22)20(3,4)5)13-9-10-14-23-16-18-11-7-6-8-12-18/h6-8,11-12,19,21H,1,9-10,13-16H2,2-5H3/t19-,24+/m0/s1. The zero-order valence-electron chi connectivity index (χ0n) is 15.6. The summed E-state index contributed by atoms with van der Waals surface area (Å²) in [5.41, 5.74) is 2.33. The third kappa shape index (κ3) is 9.36. The Morgan fingerprint density at radius 1 is 1.25 bits per heavy atom. The Bertz CT molecular complexity index is 508. The van der Waals surface area contributed by atoms with Crippen molar-refractivity contribution in [2.45, 2.75) is 70.8 Å². The van der Waals surface area contributed by atoms with E-state index >= 15 is 0 Å². The van der Waals surface area contributed by atoms with Gasteiger partial charge in [0.05, 0.1) is 22.3 Å². The minimum absolute atomic E-state index is 0.219. The van der Waals surface area contributed by atoms with E-state index in [0.29, 0.717) is 6.61 Å². The van der Waals surface area contributed by atoms with Gasteiger partial charge in [0.25, 0.3) is 0 Å². The molecule has 0 saturated heterocycles. The fraction of sp³-hybridized carbons (Fsp3) is 0.600. The van der Waals surface area contributed by atoms with Gasteiger partial charge >= 0.3 is 0 Å². The summed E-state index contributed by atoms with van der Waals surface area (Å²) < 4.78 is 21.0. The van der Waals surface area contributed by atoms with Crippen LogP contribution in [0.25, 0.3) is 0 Å². The van der Waals surface area contributed by atoms with Gasteiger partial charge in [-0.3, -0.25) is 0 Å². The highest BCUT2D eigenvalue weighted by molar-refractivity contribution is 7.84. The van der Waals surface area contributed by atoms with Crippen LogP contribution in [0.3, 0.4) is 0 Å². The zero-order chi connectivity index (χ0) is 18.0. The largest absolute Gasteiger partial charge is 0.377 e. The lowest BCUT2D eigenvalue weighted by atomic mass is 10.0. The van der Waals surface area contributed by atoms with Gasteiger partial charge in [-0.2, -0.15) is 0 Å². The van der Waals surface area contributed by atoms with E-state index < -0.39 is 11.0 Å². The van der Waals surface area contributed by atoms with Crippen LogP contribution in [0.4, 0.5) is 0 Å². The molecule has 0 aliphatic heterocycles. The van der Waals surface area contributed by atoms with Gasteiger partial charge < -0.3 is 4.74 Å². The summed E-state index contributed by atoms with van der Waals surface area (Å²) in [5.74, 6) is 0. The Balaban J connectivity index is 2.26. The summed E-state index contributed by atoms with van der Waals surface area (Å²) in [6, 6.07) is 10.4. The van der Waals surface area contributed by atoms with Gasteiger partial charge in [0.1, 0.15) is 0 Å². The topological polar surface area (TPSA) is 38.3 Å². The number of hydrogen-bond donors (Lipinski definition) is 1. The minimum Gasteiger partial charge on any atom is -0.377 e. The SMILES string of the molecule is C=C(C)C[C@H](CCCCOCc1ccccc1)N[S@](=O)C(C)(C)C.